The van der Waals surface area contributed by atoms with E-state index in [2.05, 4.69) is 5.32 Å². The van der Waals surface area contributed by atoms with Crippen LogP contribution < -0.4 is 5.32 Å². The Morgan fingerprint density at radius 1 is 1.10 bits per heavy atom. The van der Waals surface area contributed by atoms with Crippen LogP contribution in [0.3, 0.4) is 0 Å². The van der Waals surface area contributed by atoms with Gasteiger partial charge in [0.15, 0.2) is 0 Å². The normalized spacial score (nSPS) is 24.1. The number of aromatic nitrogens is 1. The van der Waals surface area contributed by atoms with Crippen LogP contribution in [0.5, 0.6) is 0 Å². The molecule has 1 unspecified atom stereocenters. The number of nitrogens with one attached hydrogen (secondary N) is 1. The van der Waals surface area contributed by atoms with E-state index < -0.39 is 5.66 Å². The minimum absolute atomic E-state index is 0.00750. The lowest BCUT2D eigenvalue weighted by Crippen LogP contribution is -2.57. The van der Waals surface area contributed by atoms with Gasteiger partial charge in [-0.25, -0.2) is 0 Å². The highest BCUT2D eigenvalue weighted by atomic mass is 35.5. The van der Waals surface area contributed by atoms with Crippen molar-refractivity contribution in [3.8, 4) is 0 Å². The van der Waals surface area contributed by atoms with Crippen LogP contribution in [0.2, 0.25) is 10.2 Å². The van der Waals surface area contributed by atoms with Crippen LogP contribution in [0, 0.1) is 0 Å². The molecule has 21 heavy (non-hydrogen) atoms. The maximum atomic E-state index is 12.7. The molecule has 1 aromatic carbocycles. The molecule has 0 bridgehead atoms. The third kappa shape index (κ3) is 1.76. The summed E-state index contributed by atoms with van der Waals surface area (Å²) in [4.78, 5) is 14.6. The molecule has 0 radical (unpaired) electrons. The average Bonchev–Trinajstić information content (AvgIpc) is 3.06. The Kier molecular flexibility index (Phi) is 2.83. The summed E-state index contributed by atoms with van der Waals surface area (Å²) in [5, 5.41) is 4.74. The molecule has 1 N–H and O–H groups in total. The van der Waals surface area contributed by atoms with Crippen molar-refractivity contribution in [2.24, 2.45) is 0 Å². The number of carbonyl (C=O) groups excluding carboxylic acids is 1. The Bertz CT molecular complexity index is 725. The van der Waals surface area contributed by atoms with E-state index in [0.717, 1.165) is 12.1 Å². The fourth-order valence-electron chi connectivity index (χ4n) is 3.31. The van der Waals surface area contributed by atoms with Gasteiger partial charge in [-0.15, -0.1) is 0 Å². The second-order valence-corrected chi connectivity index (χ2v) is 6.20. The van der Waals surface area contributed by atoms with Crippen LogP contribution in [0.4, 0.5) is 0 Å². The quantitative estimate of drug-likeness (QED) is 0.876. The molecule has 4 rings (SSSR count). The van der Waals surface area contributed by atoms with Crippen molar-refractivity contribution in [1.29, 1.82) is 0 Å². The zero-order valence-electron chi connectivity index (χ0n) is 11.1. The number of carbonyl (C=O) groups is 1. The lowest BCUT2D eigenvalue weighted by atomic mass is 9.96. The van der Waals surface area contributed by atoms with Crippen molar-refractivity contribution in [2.75, 3.05) is 13.1 Å². The highest BCUT2D eigenvalue weighted by Crippen LogP contribution is 2.38. The summed E-state index contributed by atoms with van der Waals surface area (Å²) in [5.74, 6) is 0.00750. The van der Waals surface area contributed by atoms with E-state index >= 15 is 0 Å². The molecule has 6 heteroatoms. The molecule has 2 aliphatic heterocycles. The topological polar surface area (TPSA) is 37.3 Å². The Hall–Kier alpha value is -1.49. The number of benzene rings is 1. The summed E-state index contributed by atoms with van der Waals surface area (Å²) in [7, 11) is 0. The second-order valence-electron chi connectivity index (χ2n) is 5.38. The first-order valence-corrected chi connectivity index (χ1v) is 7.55. The van der Waals surface area contributed by atoms with Gasteiger partial charge >= 0.3 is 0 Å². The summed E-state index contributed by atoms with van der Waals surface area (Å²) in [6.07, 6.45) is 0. The van der Waals surface area contributed by atoms with E-state index in [4.69, 9.17) is 23.2 Å². The van der Waals surface area contributed by atoms with Gasteiger partial charge in [-0.3, -0.25) is 10.1 Å². The smallest absolute Gasteiger partial charge is 0.272 e. The van der Waals surface area contributed by atoms with Crippen molar-refractivity contribution >= 4 is 29.1 Å². The standard InChI is InChI=1S/C15H13Cl2N3O/c16-11-3-1-10(2-4-11)15-9-19-12(5-6-13(19)17)14(21)20(15)8-7-18-15/h1-6,18H,7-9H2. The molecule has 108 valence electrons. The van der Waals surface area contributed by atoms with Gasteiger partial charge in [0.1, 0.15) is 16.5 Å². The SMILES string of the molecule is O=C1c2ccc(Cl)n2CC2(c3ccc(Cl)cc3)NCCN12. The van der Waals surface area contributed by atoms with Crippen LogP contribution in [0.1, 0.15) is 16.1 Å². The van der Waals surface area contributed by atoms with E-state index in [1.807, 2.05) is 33.7 Å². The van der Waals surface area contributed by atoms with Gasteiger partial charge < -0.3 is 9.47 Å². The molecule has 1 aromatic heterocycles. The number of hydrogen-bond acceptors (Lipinski definition) is 2. The Morgan fingerprint density at radius 2 is 1.86 bits per heavy atom. The third-order valence-electron chi connectivity index (χ3n) is 4.31. The molecule has 1 saturated heterocycles. The van der Waals surface area contributed by atoms with E-state index in [0.29, 0.717) is 29.0 Å². The maximum absolute atomic E-state index is 12.7. The highest BCUT2D eigenvalue weighted by molar-refractivity contribution is 6.30. The highest BCUT2D eigenvalue weighted by Gasteiger charge is 2.49. The Balaban J connectivity index is 1.89. The van der Waals surface area contributed by atoms with Crippen LogP contribution in [0.25, 0.3) is 0 Å². The monoisotopic (exact) mass is 321 g/mol. The fraction of sp³-hybridized carbons (Fsp3) is 0.267. The Labute approximate surface area is 132 Å². The molecule has 0 spiro atoms. The molecule has 2 aromatic rings. The van der Waals surface area contributed by atoms with Gasteiger partial charge in [-0.05, 0) is 29.8 Å². The number of fused-ring (bicyclic) bond motifs is 2. The summed E-state index contributed by atoms with van der Waals surface area (Å²) >= 11 is 12.2. The van der Waals surface area contributed by atoms with Gasteiger partial charge in [0, 0.05) is 18.1 Å². The first-order chi connectivity index (χ1) is 10.1. The summed E-state index contributed by atoms with van der Waals surface area (Å²) < 4.78 is 1.87. The average molecular weight is 322 g/mol. The molecular formula is C15H13Cl2N3O. The zero-order valence-corrected chi connectivity index (χ0v) is 12.7. The largest absolute Gasteiger partial charge is 0.323 e. The van der Waals surface area contributed by atoms with Gasteiger partial charge in [-0.1, -0.05) is 35.3 Å². The molecule has 1 fully saturated rings. The van der Waals surface area contributed by atoms with Crippen molar-refractivity contribution < 1.29 is 4.79 Å². The first kappa shape index (κ1) is 13.2. The number of halogens is 2. The van der Waals surface area contributed by atoms with Crippen LogP contribution in [-0.2, 0) is 12.2 Å². The third-order valence-corrected chi connectivity index (χ3v) is 4.90. The minimum atomic E-state index is -0.544. The second kappa shape index (κ2) is 4.50. The number of nitrogens with zero attached hydrogens (tertiary/aromatic N) is 2. The molecule has 2 aliphatic rings. The van der Waals surface area contributed by atoms with Crippen molar-refractivity contribution in [3.63, 3.8) is 0 Å². The van der Waals surface area contributed by atoms with Crippen molar-refractivity contribution in [3.05, 3.63) is 57.8 Å². The number of rotatable bonds is 1. The maximum Gasteiger partial charge on any atom is 0.272 e. The van der Waals surface area contributed by atoms with Crippen molar-refractivity contribution in [1.82, 2.24) is 14.8 Å². The molecule has 0 aliphatic carbocycles. The van der Waals surface area contributed by atoms with E-state index in [1.165, 1.54) is 0 Å². The first-order valence-electron chi connectivity index (χ1n) is 6.80. The molecule has 3 heterocycles. The fourth-order valence-corrected chi connectivity index (χ4v) is 3.65. The lowest BCUT2D eigenvalue weighted by Gasteiger charge is -2.43. The van der Waals surface area contributed by atoms with Crippen molar-refractivity contribution in [2.45, 2.75) is 12.2 Å². The van der Waals surface area contributed by atoms with Gasteiger partial charge in [0.25, 0.3) is 5.91 Å². The number of amides is 1. The summed E-state index contributed by atoms with van der Waals surface area (Å²) in [6.45, 7) is 2.04. The zero-order chi connectivity index (χ0) is 14.6. The molecule has 0 saturated carbocycles. The minimum Gasteiger partial charge on any atom is -0.323 e. The van der Waals surface area contributed by atoms with Gasteiger partial charge in [0.05, 0.1) is 6.54 Å². The molecule has 1 atom stereocenters. The molecule has 1 amide bonds. The van der Waals surface area contributed by atoms with E-state index in [-0.39, 0.29) is 5.91 Å². The van der Waals surface area contributed by atoms with Crippen LogP contribution >= 0.6 is 23.2 Å². The summed E-state index contributed by atoms with van der Waals surface area (Å²) in [6, 6.07) is 11.2. The summed E-state index contributed by atoms with van der Waals surface area (Å²) in [5.41, 5.74) is 1.12. The predicted octanol–water partition coefficient (Wildman–Crippen LogP) is 2.71. The molecular weight excluding hydrogens is 309 g/mol. The van der Waals surface area contributed by atoms with Gasteiger partial charge in [-0.2, -0.15) is 0 Å². The predicted molar refractivity (Wildman–Crippen MR) is 81.6 cm³/mol. The van der Waals surface area contributed by atoms with E-state index in [1.54, 1.807) is 12.1 Å². The van der Waals surface area contributed by atoms with Crippen LogP contribution in [-0.4, -0.2) is 28.5 Å². The molecule has 4 nitrogen and oxygen atoms in total. The number of hydrogen-bond donors (Lipinski definition) is 1. The lowest BCUT2D eigenvalue weighted by molar-refractivity contribution is 0.0398. The Morgan fingerprint density at radius 3 is 2.62 bits per heavy atom. The van der Waals surface area contributed by atoms with Gasteiger partial charge in [0.2, 0.25) is 0 Å². The van der Waals surface area contributed by atoms with Crippen LogP contribution in [0.15, 0.2) is 36.4 Å². The van der Waals surface area contributed by atoms with E-state index in [9.17, 15) is 4.79 Å².